The van der Waals surface area contributed by atoms with Crippen LogP contribution < -0.4 is 10.5 Å². The molecule has 1 rings (SSSR count). The molecule has 0 spiro atoms. The van der Waals surface area contributed by atoms with Crippen LogP contribution in [0.15, 0.2) is 24.3 Å². The largest absolute Gasteiger partial charge is 0.493 e. The van der Waals surface area contributed by atoms with E-state index in [2.05, 4.69) is 5.73 Å². The van der Waals surface area contributed by atoms with Gasteiger partial charge >= 0.3 is 0 Å². The molecule has 0 atom stereocenters. The summed E-state index contributed by atoms with van der Waals surface area (Å²) in [5, 5.41) is 0. The number of hydrogen-bond donors (Lipinski definition) is 1. The maximum Gasteiger partial charge on any atom is 0.126 e. The molecule has 0 aromatic heterocycles. The first-order valence-electron chi connectivity index (χ1n) is 4.00. The fourth-order valence-electron chi connectivity index (χ4n) is 0.849. The van der Waals surface area contributed by atoms with Crippen molar-refractivity contribution < 1.29 is 14.9 Å². The standard InChI is InChI=1S/C9H12FNO/c10-8-3-1-4-9(7-8)12-6-2-5-11/h1,3-4,7H,2,5-6,11H2/p+1. The smallest absolute Gasteiger partial charge is 0.126 e. The molecule has 3 N–H and O–H groups in total. The molecule has 0 aliphatic rings. The van der Waals surface area contributed by atoms with E-state index in [-0.39, 0.29) is 5.82 Å². The zero-order chi connectivity index (χ0) is 8.81. The lowest BCUT2D eigenvalue weighted by molar-refractivity contribution is -0.368. The fourth-order valence-corrected chi connectivity index (χ4v) is 0.849. The van der Waals surface area contributed by atoms with Crippen molar-refractivity contribution in [3.63, 3.8) is 0 Å². The van der Waals surface area contributed by atoms with E-state index in [9.17, 15) is 4.39 Å². The predicted octanol–water partition coefficient (Wildman–Crippen LogP) is 0.836. The van der Waals surface area contributed by atoms with Crippen molar-refractivity contribution in [3.05, 3.63) is 30.1 Å². The Morgan fingerprint density at radius 2 is 2.25 bits per heavy atom. The fraction of sp³-hybridized carbons (Fsp3) is 0.333. The monoisotopic (exact) mass is 170 g/mol. The topological polar surface area (TPSA) is 36.9 Å². The van der Waals surface area contributed by atoms with E-state index in [1.54, 1.807) is 12.1 Å². The van der Waals surface area contributed by atoms with E-state index in [1.807, 2.05) is 0 Å². The van der Waals surface area contributed by atoms with Gasteiger partial charge in [-0.2, -0.15) is 0 Å². The van der Waals surface area contributed by atoms with Crippen LogP contribution in [0.4, 0.5) is 4.39 Å². The molecule has 66 valence electrons. The maximum atomic E-state index is 12.6. The van der Waals surface area contributed by atoms with Crippen LogP contribution in [0, 0.1) is 5.82 Å². The summed E-state index contributed by atoms with van der Waals surface area (Å²) in [6.07, 6.45) is 0.899. The number of rotatable bonds is 4. The second-order valence-electron chi connectivity index (χ2n) is 2.51. The van der Waals surface area contributed by atoms with E-state index >= 15 is 0 Å². The molecule has 0 radical (unpaired) electrons. The summed E-state index contributed by atoms with van der Waals surface area (Å²) in [7, 11) is 0. The third-order valence-electron chi connectivity index (χ3n) is 1.46. The van der Waals surface area contributed by atoms with Gasteiger partial charge in [-0.3, -0.25) is 0 Å². The molecule has 0 fully saturated rings. The van der Waals surface area contributed by atoms with Crippen LogP contribution in [-0.4, -0.2) is 13.2 Å². The summed E-state index contributed by atoms with van der Waals surface area (Å²) in [4.78, 5) is 0. The lowest BCUT2D eigenvalue weighted by atomic mass is 10.3. The van der Waals surface area contributed by atoms with Crippen molar-refractivity contribution in [3.8, 4) is 5.75 Å². The molecule has 0 aliphatic carbocycles. The third kappa shape index (κ3) is 2.88. The third-order valence-corrected chi connectivity index (χ3v) is 1.46. The van der Waals surface area contributed by atoms with Gasteiger partial charge in [0.05, 0.1) is 13.2 Å². The minimum Gasteiger partial charge on any atom is -0.493 e. The molecule has 0 saturated carbocycles. The molecule has 1 aromatic rings. The molecule has 3 heteroatoms. The van der Waals surface area contributed by atoms with Gasteiger partial charge in [0.1, 0.15) is 11.6 Å². The average molecular weight is 170 g/mol. The van der Waals surface area contributed by atoms with Gasteiger partial charge < -0.3 is 10.5 Å². The first-order chi connectivity index (χ1) is 5.83. The zero-order valence-electron chi connectivity index (χ0n) is 6.92. The van der Waals surface area contributed by atoms with Gasteiger partial charge in [0.2, 0.25) is 0 Å². The van der Waals surface area contributed by atoms with Crippen molar-refractivity contribution >= 4 is 0 Å². The molecule has 0 unspecified atom stereocenters. The number of halogens is 1. The van der Waals surface area contributed by atoms with Gasteiger partial charge in [-0.05, 0) is 12.1 Å². The van der Waals surface area contributed by atoms with Gasteiger partial charge in [0, 0.05) is 12.5 Å². The number of benzene rings is 1. The lowest BCUT2D eigenvalue weighted by Gasteiger charge is -2.03. The van der Waals surface area contributed by atoms with Crippen LogP contribution >= 0.6 is 0 Å². The van der Waals surface area contributed by atoms with Gasteiger partial charge in [-0.15, -0.1) is 0 Å². The maximum absolute atomic E-state index is 12.6. The molecule has 0 aliphatic heterocycles. The summed E-state index contributed by atoms with van der Waals surface area (Å²) in [5.74, 6) is 0.325. The second kappa shape index (κ2) is 4.72. The van der Waals surface area contributed by atoms with E-state index in [1.165, 1.54) is 12.1 Å². The Kier molecular flexibility index (Phi) is 3.54. The summed E-state index contributed by atoms with van der Waals surface area (Å²) in [5.41, 5.74) is 3.68. The van der Waals surface area contributed by atoms with Gasteiger partial charge in [-0.1, -0.05) is 6.07 Å². The highest BCUT2D eigenvalue weighted by Crippen LogP contribution is 2.11. The molecule has 0 bridgehead atoms. The highest BCUT2D eigenvalue weighted by molar-refractivity contribution is 5.22. The Labute approximate surface area is 71.1 Å². The molecule has 1 aromatic carbocycles. The minimum absolute atomic E-state index is 0.262. The van der Waals surface area contributed by atoms with Crippen molar-refractivity contribution in [1.29, 1.82) is 0 Å². The Balaban J connectivity index is 2.41. The molecule has 0 heterocycles. The molecule has 0 saturated heterocycles. The zero-order valence-corrected chi connectivity index (χ0v) is 6.92. The van der Waals surface area contributed by atoms with E-state index < -0.39 is 0 Å². The van der Waals surface area contributed by atoms with E-state index in [4.69, 9.17) is 4.74 Å². The highest BCUT2D eigenvalue weighted by atomic mass is 19.1. The van der Waals surface area contributed by atoms with E-state index in [0.29, 0.717) is 12.4 Å². The van der Waals surface area contributed by atoms with Crippen molar-refractivity contribution in [2.24, 2.45) is 0 Å². The Hall–Kier alpha value is -1.09. The van der Waals surface area contributed by atoms with Crippen LogP contribution in [0.3, 0.4) is 0 Å². The molecular formula is C9H13FNO+. The average Bonchev–Trinajstić information content (AvgIpc) is 2.05. The predicted molar refractivity (Wildman–Crippen MR) is 44.3 cm³/mol. The molecule has 2 nitrogen and oxygen atoms in total. The van der Waals surface area contributed by atoms with E-state index in [0.717, 1.165) is 13.0 Å². The normalized spacial score (nSPS) is 9.83. The Morgan fingerprint density at radius 3 is 2.92 bits per heavy atom. The van der Waals surface area contributed by atoms with Crippen LogP contribution in [-0.2, 0) is 0 Å². The number of quaternary nitrogens is 1. The van der Waals surface area contributed by atoms with Gasteiger partial charge in [0.15, 0.2) is 0 Å². The highest BCUT2D eigenvalue weighted by Gasteiger charge is 1.94. The summed E-state index contributed by atoms with van der Waals surface area (Å²) in [6, 6.07) is 6.15. The first kappa shape index (κ1) is 9.00. The van der Waals surface area contributed by atoms with Gasteiger partial charge in [-0.25, -0.2) is 4.39 Å². The Bertz CT molecular complexity index is 240. The molecule has 0 amide bonds. The summed E-state index contributed by atoms with van der Waals surface area (Å²) in [6.45, 7) is 1.45. The molecular weight excluding hydrogens is 157 g/mol. The van der Waals surface area contributed by atoms with Crippen LogP contribution in [0.2, 0.25) is 0 Å². The first-order valence-corrected chi connectivity index (χ1v) is 4.00. The summed E-state index contributed by atoms with van der Waals surface area (Å²) < 4.78 is 17.8. The van der Waals surface area contributed by atoms with Crippen LogP contribution in [0.1, 0.15) is 6.42 Å². The van der Waals surface area contributed by atoms with Crippen molar-refractivity contribution in [1.82, 2.24) is 0 Å². The van der Waals surface area contributed by atoms with Crippen LogP contribution in [0.25, 0.3) is 0 Å². The number of ether oxygens (including phenoxy) is 1. The number of hydrogen-bond acceptors (Lipinski definition) is 1. The second-order valence-corrected chi connectivity index (χ2v) is 2.51. The quantitative estimate of drug-likeness (QED) is 0.668. The lowest BCUT2D eigenvalue weighted by Crippen LogP contribution is -2.50. The molecule has 12 heavy (non-hydrogen) atoms. The summed E-state index contributed by atoms with van der Waals surface area (Å²) >= 11 is 0. The Morgan fingerprint density at radius 1 is 1.42 bits per heavy atom. The van der Waals surface area contributed by atoms with Crippen molar-refractivity contribution in [2.75, 3.05) is 13.2 Å². The van der Waals surface area contributed by atoms with Crippen molar-refractivity contribution in [2.45, 2.75) is 6.42 Å². The van der Waals surface area contributed by atoms with Gasteiger partial charge in [0.25, 0.3) is 0 Å². The minimum atomic E-state index is -0.262. The SMILES string of the molecule is [NH3+]CCCOc1cccc(F)c1. The van der Waals surface area contributed by atoms with Crippen LogP contribution in [0.5, 0.6) is 5.75 Å².